The van der Waals surface area contributed by atoms with Gasteiger partial charge in [-0.1, -0.05) is 48.5 Å². The molecule has 0 radical (unpaired) electrons. The van der Waals surface area contributed by atoms with Crippen molar-refractivity contribution in [1.29, 1.82) is 0 Å². The highest BCUT2D eigenvalue weighted by Gasteiger charge is 2.36. The second-order valence-electron chi connectivity index (χ2n) is 4.70. The average Bonchev–Trinajstić information content (AvgIpc) is 2.45. The van der Waals surface area contributed by atoms with Crippen molar-refractivity contribution >= 4 is 5.97 Å². The number of para-hydroxylation sites is 1. The van der Waals surface area contributed by atoms with E-state index in [1.807, 2.05) is 36.4 Å². The molecule has 3 nitrogen and oxygen atoms in total. The molecule has 1 aliphatic rings. The number of esters is 1. The Bertz CT molecular complexity index is 592. The van der Waals surface area contributed by atoms with Gasteiger partial charge in [-0.15, -0.1) is 0 Å². The van der Waals surface area contributed by atoms with Gasteiger partial charge in [0.25, 0.3) is 0 Å². The summed E-state index contributed by atoms with van der Waals surface area (Å²) in [4.78, 5) is 12.0. The fourth-order valence-corrected chi connectivity index (χ4v) is 2.41. The third-order valence-electron chi connectivity index (χ3n) is 3.43. The van der Waals surface area contributed by atoms with Crippen LogP contribution in [0.3, 0.4) is 0 Å². The van der Waals surface area contributed by atoms with E-state index >= 15 is 0 Å². The first-order valence-electron chi connectivity index (χ1n) is 6.28. The average molecular weight is 254 g/mol. The first-order valence-corrected chi connectivity index (χ1v) is 6.28. The fraction of sp³-hybridized carbons (Fsp3) is 0.188. The van der Waals surface area contributed by atoms with Crippen molar-refractivity contribution in [1.82, 2.24) is 0 Å². The third-order valence-corrected chi connectivity index (χ3v) is 3.43. The molecule has 3 rings (SSSR count). The number of hydrogen-bond donors (Lipinski definition) is 1. The zero-order chi connectivity index (χ0) is 13.2. The van der Waals surface area contributed by atoms with E-state index in [1.165, 1.54) is 0 Å². The van der Waals surface area contributed by atoms with Gasteiger partial charge in [0, 0.05) is 5.56 Å². The minimum atomic E-state index is -0.808. The maximum atomic E-state index is 12.0. The quantitative estimate of drug-likeness (QED) is 0.661. The van der Waals surface area contributed by atoms with E-state index in [0.29, 0.717) is 17.7 Å². The summed E-state index contributed by atoms with van der Waals surface area (Å²) in [7, 11) is 0. The lowest BCUT2D eigenvalue weighted by Crippen LogP contribution is -2.33. The lowest BCUT2D eigenvalue weighted by molar-refractivity contribution is -0.145. The molecule has 2 unspecified atom stereocenters. The van der Waals surface area contributed by atoms with Gasteiger partial charge < -0.3 is 9.84 Å². The Morgan fingerprint density at radius 1 is 1.00 bits per heavy atom. The predicted molar refractivity (Wildman–Crippen MR) is 70.7 cm³/mol. The van der Waals surface area contributed by atoms with E-state index < -0.39 is 12.0 Å². The van der Waals surface area contributed by atoms with E-state index in [9.17, 15) is 9.90 Å². The number of benzene rings is 2. The highest BCUT2D eigenvalue weighted by molar-refractivity contribution is 5.79. The van der Waals surface area contributed by atoms with Crippen LogP contribution in [0.25, 0.3) is 0 Å². The fourth-order valence-electron chi connectivity index (χ4n) is 2.41. The molecule has 1 N–H and O–H groups in total. The van der Waals surface area contributed by atoms with Gasteiger partial charge in [0.05, 0.1) is 12.0 Å². The lowest BCUT2D eigenvalue weighted by Gasteiger charge is -2.28. The molecule has 0 spiro atoms. The molecule has 0 aliphatic carbocycles. The van der Waals surface area contributed by atoms with Crippen LogP contribution in [0.5, 0.6) is 5.75 Å². The largest absolute Gasteiger partial charge is 0.426 e. The number of rotatable bonds is 2. The normalized spacial score (nSPS) is 21.6. The van der Waals surface area contributed by atoms with Gasteiger partial charge >= 0.3 is 5.97 Å². The summed E-state index contributed by atoms with van der Waals surface area (Å²) < 4.78 is 5.29. The monoisotopic (exact) mass is 254 g/mol. The second kappa shape index (κ2) is 4.86. The standard InChI is InChI=1S/C16H14O3/c17-15-12-8-4-5-9-14(12)19-16(18)13(15)10-11-6-2-1-3-7-11/h1-9,13,15,17H,10H2. The third kappa shape index (κ3) is 2.25. The topological polar surface area (TPSA) is 46.5 Å². The van der Waals surface area contributed by atoms with Crippen molar-refractivity contribution in [3.63, 3.8) is 0 Å². The number of fused-ring (bicyclic) bond motifs is 1. The van der Waals surface area contributed by atoms with Crippen LogP contribution in [0.2, 0.25) is 0 Å². The van der Waals surface area contributed by atoms with Crippen molar-refractivity contribution in [3.8, 4) is 5.75 Å². The summed E-state index contributed by atoms with van der Waals surface area (Å²) in [5, 5.41) is 10.4. The summed E-state index contributed by atoms with van der Waals surface area (Å²) in [5.74, 6) is -0.448. The van der Waals surface area contributed by atoms with Crippen LogP contribution in [-0.4, -0.2) is 11.1 Å². The second-order valence-corrected chi connectivity index (χ2v) is 4.70. The Hall–Kier alpha value is -2.13. The van der Waals surface area contributed by atoms with Crippen LogP contribution in [0.4, 0.5) is 0 Å². The number of ether oxygens (including phenoxy) is 1. The van der Waals surface area contributed by atoms with Gasteiger partial charge in [-0.25, -0.2) is 0 Å². The first-order chi connectivity index (χ1) is 9.25. The molecule has 2 aromatic carbocycles. The van der Waals surface area contributed by atoms with E-state index in [0.717, 1.165) is 5.56 Å². The molecule has 0 saturated heterocycles. The summed E-state index contributed by atoms with van der Waals surface area (Å²) in [6.07, 6.45) is -0.326. The molecule has 2 aromatic rings. The molecule has 3 heteroatoms. The van der Waals surface area contributed by atoms with Crippen molar-refractivity contribution < 1.29 is 14.6 Å². The van der Waals surface area contributed by atoms with E-state index in [-0.39, 0.29) is 5.97 Å². The number of carbonyl (C=O) groups is 1. The van der Waals surface area contributed by atoms with E-state index in [1.54, 1.807) is 18.2 Å². The van der Waals surface area contributed by atoms with Crippen molar-refractivity contribution in [3.05, 3.63) is 65.7 Å². The predicted octanol–water partition coefficient (Wildman–Crippen LogP) is 2.50. The molecule has 1 heterocycles. The van der Waals surface area contributed by atoms with Crippen molar-refractivity contribution in [2.45, 2.75) is 12.5 Å². The minimum Gasteiger partial charge on any atom is -0.426 e. The molecule has 0 fully saturated rings. The van der Waals surface area contributed by atoms with Crippen LogP contribution in [0.15, 0.2) is 54.6 Å². The van der Waals surface area contributed by atoms with Crippen LogP contribution in [0, 0.1) is 5.92 Å². The van der Waals surface area contributed by atoms with Crippen molar-refractivity contribution in [2.24, 2.45) is 5.92 Å². The molecule has 19 heavy (non-hydrogen) atoms. The number of hydrogen-bond acceptors (Lipinski definition) is 3. The maximum absolute atomic E-state index is 12.0. The van der Waals surface area contributed by atoms with E-state index in [2.05, 4.69) is 0 Å². The van der Waals surface area contributed by atoms with Crippen LogP contribution in [-0.2, 0) is 11.2 Å². The van der Waals surface area contributed by atoms with Crippen molar-refractivity contribution in [2.75, 3.05) is 0 Å². The molecule has 0 aromatic heterocycles. The Balaban J connectivity index is 1.89. The van der Waals surface area contributed by atoms with Gasteiger partial charge in [0.2, 0.25) is 0 Å². The molecule has 1 aliphatic heterocycles. The summed E-state index contributed by atoms with van der Waals surface area (Å²) in [6.45, 7) is 0. The molecule has 0 bridgehead atoms. The molecule has 2 atom stereocenters. The highest BCUT2D eigenvalue weighted by atomic mass is 16.5. The van der Waals surface area contributed by atoms with Gasteiger partial charge in [-0.2, -0.15) is 0 Å². The zero-order valence-electron chi connectivity index (χ0n) is 10.3. The molecule has 0 amide bonds. The SMILES string of the molecule is O=C1Oc2ccccc2C(O)C1Cc1ccccc1. The zero-order valence-corrected chi connectivity index (χ0v) is 10.3. The minimum absolute atomic E-state index is 0.366. The summed E-state index contributed by atoms with van der Waals surface area (Å²) in [5.41, 5.74) is 1.70. The van der Waals surface area contributed by atoms with Crippen LogP contribution >= 0.6 is 0 Å². The Morgan fingerprint density at radius 2 is 1.68 bits per heavy atom. The molecule has 96 valence electrons. The maximum Gasteiger partial charge on any atom is 0.317 e. The smallest absolute Gasteiger partial charge is 0.317 e. The van der Waals surface area contributed by atoms with Crippen LogP contribution < -0.4 is 4.74 Å². The lowest BCUT2D eigenvalue weighted by atomic mass is 9.87. The Labute approximate surface area is 111 Å². The highest BCUT2D eigenvalue weighted by Crippen LogP contribution is 2.37. The summed E-state index contributed by atoms with van der Waals surface area (Å²) >= 11 is 0. The van der Waals surface area contributed by atoms with Gasteiger partial charge in [0.1, 0.15) is 5.75 Å². The first kappa shape index (κ1) is 11.9. The van der Waals surface area contributed by atoms with Gasteiger partial charge in [0.15, 0.2) is 0 Å². The number of aliphatic hydroxyl groups excluding tert-OH is 1. The number of carbonyl (C=O) groups excluding carboxylic acids is 1. The molecule has 0 saturated carbocycles. The Morgan fingerprint density at radius 3 is 2.47 bits per heavy atom. The Kier molecular flexibility index (Phi) is 3.05. The van der Waals surface area contributed by atoms with Gasteiger partial charge in [-0.3, -0.25) is 4.79 Å². The van der Waals surface area contributed by atoms with E-state index in [4.69, 9.17) is 4.74 Å². The molecular formula is C16H14O3. The van der Waals surface area contributed by atoms with Gasteiger partial charge in [-0.05, 0) is 18.1 Å². The van der Waals surface area contributed by atoms with Crippen LogP contribution in [0.1, 0.15) is 17.2 Å². The summed E-state index contributed by atoms with van der Waals surface area (Å²) in [6, 6.07) is 16.8. The molecular weight excluding hydrogens is 240 g/mol. The number of aliphatic hydroxyl groups is 1.